The molecule has 8 nitrogen and oxygen atoms in total. The quantitative estimate of drug-likeness (QED) is 0.175. The largest absolute Gasteiger partial charge is 0.454 e. The van der Waals surface area contributed by atoms with Gasteiger partial charge in [-0.25, -0.2) is 0 Å². The van der Waals surface area contributed by atoms with Gasteiger partial charge in [0.15, 0.2) is 11.2 Å². The van der Waals surface area contributed by atoms with Gasteiger partial charge in [-0.1, -0.05) is 194 Å². The number of nitrogens with zero attached hydrogens (tertiary/aromatic N) is 4. The Hall–Kier alpha value is -12.0. The lowest BCUT2D eigenvalue weighted by Crippen LogP contribution is -2.48. The van der Waals surface area contributed by atoms with E-state index < -0.39 is 10.8 Å². The zero-order valence-electron chi connectivity index (χ0n) is 48.1. The van der Waals surface area contributed by atoms with Crippen molar-refractivity contribution >= 4 is 122 Å². The van der Waals surface area contributed by atoms with Crippen LogP contribution in [0.2, 0.25) is 0 Å². The molecule has 12 aromatic carbocycles. The summed E-state index contributed by atoms with van der Waals surface area (Å²) < 4.78 is 35.6. The summed E-state index contributed by atoms with van der Waals surface area (Å²) >= 11 is 0. The minimum Gasteiger partial charge on any atom is -0.454 e. The highest BCUT2D eigenvalue weighted by Gasteiger charge is 2.64. The van der Waals surface area contributed by atoms with Crippen LogP contribution < -0.4 is 9.80 Å². The van der Waals surface area contributed by atoms with Crippen LogP contribution in [0.4, 0.5) is 34.1 Å². The molecule has 1 aliphatic carbocycles. The molecule has 0 atom stereocenters. The summed E-state index contributed by atoms with van der Waals surface area (Å²) in [7, 11) is 0. The van der Waals surface area contributed by atoms with Gasteiger partial charge in [-0.15, -0.1) is 0 Å². The smallest absolute Gasteiger partial charge is 0.205 e. The number of hydrogen-bond acceptors (Lipinski definition) is 6. The molecular weight excluding hydrogens is 1100 g/mol. The van der Waals surface area contributed by atoms with Gasteiger partial charge in [0.2, 0.25) is 11.8 Å². The summed E-state index contributed by atoms with van der Waals surface area (Å²) in [6, 6.07) is 105. The van der Waals surface area contributed by atoms with Crippen molar-refractivity contribution in [2.24, 2.45) is 0 Å². The standard InChI is InChI=1S/C82H48N4O4/c1-3-23-49(24-4-1)83-67-37-17-11-31-59(67)81(60-32-12-18-38-68(60)83)63-47-73(85-65-35-15-7-27-51(65)55-43-45-57-53-29-9-21-41-71(53)87-77(57)75(55)85)90-80(63)82(61-33-13-19-39-69(61)84(50-25-5-2-6-26-50)70-40-20-14-34-62(70)82)64-48-74(89-79(64)81)86-66-36-16-8-28-52(66)56-44-46-58-54-30-10-22-42-72(54)88-78(58)76(56)86/h1-48H. The maximum absolute atomic E-state index is 8.42. The van der Waals surface area contributed by atoms with Crippen LogP contribution in [0.3, 0.4) is 0 Å². The highest BCUT2D eigenvalue weighted by molar-refractivity contribution is 6.23. The van der Waals surface area contributed by atoms with Crippen LogP contribution in [0, 0.1) is 0 Å². The molecule has 90 heavy (non-hydrogen) atoms. The minimum atomic E-state index is -1.18. The van der Waals surface area contributed by atoms with Crippen molar-refractivity contribution in [2.45, 2.75) is 10.8 Å². The van der Waals surface area contributed by atoms with Gasteiger partial charge in [-0.3, -0.25) is 9.13 Å². The van der Waals surface area contributed by atoms with Crippen LogP contribution in [0.5, 0.6) is 0 Å². The van der Waals surface area contributed by atoms with E-state index in [2.05, 4.69) is 298 Å². The molecule has 0 amide bonds. The molecule has 0 N–H and O–H groups in total. The van der Waals surface area contributed by atoms with E-state index in [-0.39, 0.29) is 0 Å². The molecule has 0 bridgehead atoms. The molecule has 2 aliphatic heterocycles. The predicted octanol–water partition coefficient (Wildman–Crippen LogP) is 21.5. The molecule has 8 heterocycles. The first-order valence-electron chi connectivity index (χ1n) is 30.7. The monoisotopic (exact) mass is 1150 g/mol. The summed E-state index contributed by atoms with van der Waals surface area (Å²) in [6.07, 6.45) is 0. The molecule has 8 heteroatoms. The van der Waals surface area contributed by atoms with Crippen molar-refractivity contribution in [3.63, 3.8) is 0 Å². The molecule has 0 unspecified atom stereocenters. The van der Waals surface area contributed by atoms with E-state index in [1.54, 1.807) is 0 Å². The van der Waals surface area contributed by atoms with Crippen molar-refractivity contribution in [3.05, 3.63) is 336 Å². The Kier molecular flexibility index (Phi) is 9.30. The van der Waals surface area contributed by atoms with E-state index in [0.29, 0.717) is 11.8 Å². The summed E-state index contributed by atoms with van der Waals surface area (Å²) in [5.41, 5.74) is 17.0. The topological polar surface area (TPSA) is 68.9 Å². The molecule has 0 radical (unpaired) electrons. The molecular formula is C82H48N4O4. The van der Waals surface area contributed by atoms with Crippen LogP contribution in [0.15, 0.2) is 309 Å². The normalized spacial score (nSPS) is 14.4. The zero-order chi connectivity index (χ0) is 58.6. The summed E-state index contributed by atoms with van der Waals surface area (Å²) in [5.74, 6) is 2.87. The Morgan fingerprint density at radius 2 is 0.567 bits per heavy atom. The molecule has 0 saturated heterocycles. The average Bonchev–Trinajstić information content (AvgIpc) is 1.27. The van der Waals surface area contributed by atoms with Crippen LogP contribution >= 0.6 is 0 Å². The first-order valence-corrected chi connectivity index (χ1v) is 30.7. The summed E-state index contributed by atoms with van der Waals surface area (Å²) in [5, 5.41) is 8.51. The number of benzene rings is 12. The van der Waals surface area contributed by atoms with Gasteiger partial charge in [0.05, 0.1) is 33.8 Å². The number of fused-ring (bicyclic) bond motifs is 28. The minimum absolute atomic E-state index is 0.652. The molecule has 21 rings (SSSR count). The van der Waals surface area contributed by atoms with Crippen molar-refractivity contribution in [1.29, 1.82) is 0 Å². The second-order valence-corrected chi connectivity index (χ2v) is 24.1. The zero-order valence-corrected chi connectivity index (χ0v) is 48.1. The maximum atomic E-state index is 8.42. The number of hydrogen-bond donors (Lipinski definition) is 0. The first kappa shape index (κ1) is 48.2. The van der Waals surface area contributed by atoms with Gasteiger partial charge in [-0.2, -0.15) is 0 Å². The lowest BCUT2D eigenvalue weighted by atomic mass is 9.53. The lowest BCUT2D eigenvalue weighted by Gasteiger charge is -2.51. The fourth-order valence-corrected chi connectivity index (χ4v) is 16.5. The van der Waals surface area contributed by atoms with Crippen LogP contribution in [-0.4, -0.2) is 9.13 Å². The van der Waals surface area contributed by atoms with Crippen molar-refractivity contribution < 1.29 is 17.7 Å². The Bertz CT molecular complexity index is 5580. The van der Waals surface area contributed by atoms with Crippen molar-refractivity contribution in [3.8, 4) is 11.8 Å². The Morgan fingerprint density at radius 1 is 0.244 bits per heavy atom. The molecule has 2 spiro atoms. The molecule has 0 saturated carbocycles. The first-order chi connectivity index (χ1) is 44.7. The third-order valence-corrected chi connectivity index (χ3v) is 20.0. The molecule has 420 valence electrons. The van der Waals surface area contributed by atoms with Crippen LogP contribution in [0.1, 0.15) is 44.9 Å². The van der Waals surface area contributed by atoms with Crippen molar-refractivity contribution in [2.75, 3.05) is 9.80 Å². The fraction of sp³-hybridized carbons (Fsp3) is 0.0244. The van der Waals surface area contributed by atoms with Crippen LogP contribution in [0.25, 0.3) is 99.3 Å². The van der Waals surface area contributed by atoms with E-state index >= 15 is 0 Å². The number of anilines is 6. The Labute approximate surface area is 514 Å². The van der Waals surface area contributed by atoms with Gasteiger partial charge in [0, 0.05) is 77.7 Å². The van der Waals surface area contributed by atoms with E-state index in [1.807, 2.05) is 12.1 Å². The maximum Gasteiger partial charge on any atom is 0.205 e. The Balaban J connectivity index is 0.979. The van der Waals surface area contributed by atoms with Gasteiger partial charge in [0.1, 0.15) is 44.5 Å². The molecule has 0 fully saturated rings. The van der Waals surface area contributed by atoms with E-state index in [0.717, 1.165) is 167 Å². The summed E-state index contributed by atoms with van der Waals surface area (Å²) in [6.45, 7) is 0. The van der Waals surface area contributed by atoms with E-state index in [9.17, 15) is 0 Å². The number of rotatable bonds is 4. The highest BCUT2D eigenvalue weighted by atomic mass is 16.4. The molecule has 3 aliphatic rings. The highest BCUT2D eigenvalue weighted by Crippen LogP contribution is 2.70. The summed E-state index contributed by atoms with van der Waals surface area (Å²) in [4.78, 5) is 4.84. The predicted molar refractivity (Wildman–Crippen MR) is 361 cm³/mol. The molecule has 6 aromatic heterocycles. The average molecular weight is 1150 g/mol. The fourth-order valence-electron chi connectivity index (χ4n) is 16.5. The third-order valence-electron chi connectivity index (χ3n) is 20.0. The third kappa shape index (κ3) is 5.86. The van der Waals surface area contributed by atoms with Gasteiger partial charge >= 0.3 is 0 Å². The van der Waals surface area contributed by atoms with Crippen molar-refractivity contribution in [1.82, 2.24) is 9.13 Å². The Morgan fingerprint density at radius 3 is 0.967 bits per heavy atom. The second kappa shape index (κ2) is 17.4. The van der Waals surface area contributed by atoms with Crippen LogP contribution in [-0.2, 0) is 10.8 Å². The number of para-hydroxylation sites is 10. The van der Waals surface area contributed by atoms with E-state index in [4.69, 9.17) is 17.7 Å². The lowest BCUT2D eigenvalue weighted by molar-refractivity contribution is 0.388. The molecule has 18 aromatic rings. The van der Waals surface area contributed by atoms with Gasteiger partial charge < -0.3 is 27.5 Å². The number of aromatic nitrogens is 2. The second-order valence-electron chi connectivity index (χ2n) is 24.1. The van der Waals surface area contributed by atoms with Gasteiger partial charge in [0.25, 0.3) is 0 Å². The number of furan rings is 4. The van der Waals surface area contributed by atoms with Gasteiger partial charge in [-0.05, 0) is 107 Å². The SMILES string of the molecule is c1ccc(N2c3ccccc3C3(c4ccccc42)c2cc(-n4c5ccccc5c5ccc6c7ccccc7oc6c54)oc2C2(c4ccccc4N(c4ccccc4)c4ccccc42)c2cc(-n4c5ccccc5c5ccc6c7ccccc7oc6c54)oc23)cc1. The van der Waals surface area contributed by atoms with E-state index in [1.165, 1.54) is 0 Å².